The average Bonchev–Trinajstić information content (AvgIpc) is 3.10. The van der Waals surface area contributed by atoms with Crippen molar-refractivity contribution in [3.63, 3.8) is 0 Å². The number of hydrogen-bond acceptors (Lipinski definition) is 2. The number of imidazole rings is 1. The first kappa shape index (κ1) is 20.4. The van der Waals surface area contributed by atoms with Crippen molar-refractivity contribution in [2.24, 2.45) is 0 Å². The summed E-state index contributed by atoms with van der Waals surface area (Å²) in [5.74, 6) is -0.817. The lowest BCUT2D eigenvalue weighted by molar-refractivity contribution is -0.137. The van der Waals surface area contributed by atoms with Crippen LogP contribution in [0.1, 0.15) is 19.3 Å². The molecule has 0 atom stereocenters. The van der Waals surface area contributed by atoms with E-state index in [2.05, 4.69) is 0 Å². The van der Waals surface area contributed by atoms with Crippen molar-refractivity contribution in [1.82, 2.24) is 9.13 Å². The van der Waals surface area contributed by atoms with Crippen LogP contribution in [-0.4, -0.2) is 20.2 Å². The van der Waals surface area contributed by atoms with Gasteiger partial charge in [-0.3, -0.25) is 13.9 Å². The van der Waals surface area contributed by atoms with Crippen LogP contribution in [0.5, 0.6) is 0 Å². The second-order valence-electron chi connectivity index (χ2n) is 7.39. The molecule has 4 aromatic rings. The normalized spacial score (nSPS) is 10.8. The van der Waals surface area contributed by atoms with Gasteiger partial charge >= 0.3 is 11.7 Å². The number of rotatable bonds is 8. The van der Waals surface area contributed by atoms with E-state index in [1.165, 1.54) is 0 Å². The molecule has 0 fully saturated rings. The van der Waals surface area contributed by atoms with Crippen molar-refractivity contribution in [1.29, 1.82) is 0 Å². The first-order chi connectivity index (χ1) is 15.2. The molecule has 0 saturated heterocycles. The zero-order chi connectivity index (χ0) is 21.6. The fourth-order valence-corrected chi connectivity index (χ4v) is 3.87. The van der Waals surface area contributed by atoms with E-state index in [1.807, 2.05) is 91.0 Å². The molecule has 31 heavy (non-hydrogen) atoms. The molecule has 1 heterocycles. The number of carboxylic acid groups (broad SMARTS) is 1. The number of unbranched alkanes of at least 4 members (excludes halogenated alkanes) is 1. The van der Waals surface area contributed by atoms with E-state index in [0.717, 1.165) is 28.2 Å². The molecule has 0 saturated carbocycles. The Morgan fingerprint density at radius 1 is 0.710 bits per heavy atom. The largest absolute Gasteiger partial charge is 0.481 e. The van der Waals surface area contributed by atoms with Crippen LogP contribution in [0.25, 0.3) is 28.2 Å². The second kappa shape index (κ2) is 9.30. The van der Waals surface area contributed by atoms with Gasteiger partial charge in [0, 0.05) is 24.1 Å². The van der Waals surface area contributed by atoms with Crippen LogP contribution in [0.4, 0.5) is 0 Å². The quantitative estimate of drug-likeness (QED) is 0.403. The number of benzene rings is 3. The number of para-hydroxylation sites is 1. The SMILES string of the molecule is O=C(O)CCCCn1c(-c2ccccc2)c(-c2ccccc2)n(-c2ccccc2)c1=O. The molecular weight excluding hydrogens is 388 g/mol. The lowest BCUT2D eigenvalue weighted by atomic mass is 10.0. The highest BCUT2D eigenvalue weighted by Gasteiger charge is 2.23. The standard InChI is InChI=1S/C26H24N2O3/c29-23(30)18-10-11-19-27-24(20-12-4-1-5-13-20)25(21-14-6-2-7-15-21)28(26(27)31)22-16-8-3-9-17-22/h1-9,12-17H,10-11,18-19H2,(H,29,30). The molecule has 0 aliphatic carbocycles. The molecule has 0 amide bonds. The number of carboxylic acids is 1. The zero-order valence-corrected chi connectivity index (χ0v) is 17.1. The molecule has 1 aromatic heterocycles. The summed E-state index contributed by atoms with van der Waals surface area (Å²) in [5, 5.41) is 8.97. The minimum absolute atomic E-state index is 0.0976. The van der Waals surface area contributed by atoms with E-state index < -0.39 is 5.97 Å². The third-order valence-electron chi connectivity index (χ3n) is 5.27. The van der Waals surface area contributed by atoms with E-state index in [9.17, 15) is 9.59 Å². The zero-order valence-electron chi connectivity index (χ0n) is 17.1. The predicted molar refractivity (Wildman–Crippen MR) is 122 cm³/mol. The van der Waals surface area contributed by atoms with E-state index in [0.29, 0.717) is 19.4 Å². The van der Waals surface area contributed by atoms with Gasteiger partial charge in [0.25, 0.3) is 0 Å². The summed E-state index contributed by atoms with van der Waals surface area (Å²) in [6, 6.07) is 29.4. The van der Waals surface area contributed by atoms with E-state index >= 15 is 0 Å². The molecular formula is C26H24N2O3. The molecule has 5 nitrogen and oxygen atoms in total. The Labute approximate surface area is 180 Å². The van der Waals surface area contributed by atoms with Crippen molar-refractivity contribution in [2.75, 3.05) is 0 Å². The first-order valence-corrected chi connectivity index (χ1v) is 10.4. The van der Waals surface area contributed by atoms with Crippen molar-refractivity contribution >= 4 is 5.97 Å². The molecule has 1 N–H and O–H groups in total. The monoisotopic (exact) mass is 412 g/mol. The van der Waals surface area contributed by atoms with Crippen LogP contribution in [0, 0.1) is 0 Å². The third-order valence-corrected chi connectivity index (χ3v) is 5.27. The second-order valence-corrected chi connectivity index (χ2v) is 7.39. The van der Waals surface area contributed by atoms with Crippen LogP contribution in [-0.2, 0) is 11.3 Å². The number of nitrogens with zero attached hydrogens (tertiary/aromatic N) is 2. The predicted octanol–water partition coefficient (Wildman–Crippen LogP) is 5.23. The Hall–Kier alpha value is -3.86. The van der Waals surface area contributed by atoms with E-state index in [4.69, 9.17) is 5.11 Å². The minimum atomic E-state index is -0.817. The number of aromatic nitrogens is 2. The molecule has 0 bridgehead atoms. The Kier molecular flexibility index (Phi) is 6.13. The van der Waals surface area contributed by atoms with Gasteiger partial charge in [-0.05, 0) is 25.0 Å². The maximum absolute atomic E-state index is 13.7. The Bertz CT molecular complexity index is 1210. The summed E-state index contributed by atoms with van der Waals surface area (Å²) >= 11 is 0. The number of carbonyl (C=O) groups is 1. The highest BCUT2D eigenvalue weighted by molar-refractivity contribution is 5.80. The molecule has 0 aliphatic heterocycles. The van der Waals surface area contributed by atoms with Gasteiger partial charge in [0.15, 0.2) is 0 Å². The Morgan fingerprint density at radius 2 is 1.23 bits per heavy atom. The lowest BCUT2D eigenvalue weighted by Gasteiger charge is -2.12. The Morgan fingerprint density at radius 3 is 1.77 bits per heavy atom. The summed E-state index contributed by atoms with van der Waals surface area (Å²) in [4.78, 5) is 24.6. The van der Waals surface area contributed by atoms with Gasteiger partial charge in [-0.2, -0.15) is 0 Å². The first-order valence-electron chi connectivity index (χ1n) is 10.4. The van der Waals surface area contributed by atoms with Gasteiger partial charge in [0.2, 0.25) is 0 Å². The molecule has 5 heteroatoms. The molecule has 3 aromatic carbocycles. The molecule has 0 radical (unpaired) electrons. The van der Waals surface area contributed by atoms with Crippen LogP contribution in [0.2, 0.25) is 0 Å². The maximum atomic E-state index is 13.7. The van der Waals surface area contributed by atoms with Gasteiger partial charge in [0.05, 0.1) is 17.1 Å². The molecule has 4 rings (SSSR count). The van der Waals surface area contributed by atoms with E-state index in [-0.39, 0.29) is 12.1 Å². The average molecular weight is 412 g/mol. The van der Waals surface area contributed by atoms with Crippen LogP contribution in [0.15, 0.2) is 95.8 Å². The van der Waals surface area contributed by atoms with Crippen LogP contribution < -0.4 is 5.69 Å². The van der Waals surface area contributed by atoms with Gasteiger partial charge in [0.1, 0.15) is 0 Å². The van der Waals surface area contributed by atoms with Crippen molar-refractivity contribution in [3.8, 4) is 28.2 Å². The highest BCUT2D eigenvalue weighted by Crippen LogP contribution is 2.33. The fourth-order valence-electron chi connectivity index (χ4n) is 3.87. The molecule has 0 aliphatic rings. The molecule has 0 unspecified atom stereocenters. The van der Waals surface area contributed by atoms with Crippen molar-refractivity contribution < 1.29 is 9.90 Å². The van der Waals surface area contributed by atoms with Gasteiger partial charge in [-0.1, -0.05) is 78.9 Å². The summed E-state index contributed by atoms with van der Waals surface area (Å²) in [5.41, 5.74) is 4.25. The molecule has 156 valence electrons. The van der Waals surface area contributed by atoms with Crippen LogP contribution >= 0.6 is 0 Å². The van der Waals surface area contributed by atoms with E-state index in [1.54, 1.807) is 9.13 Å². The van der Waals surface area contributed by atoms with Gasteiger partial charge in [-0.25, -0.2) is 4.79 Å². The summed E-state index contributed by atoms with van der Waals surface area (Å²) in [7, 11) is 0. The minimum Gasteiger partial charge on any atom is -0.481 e. The molecule has 0 spiro atoms. The lowest BCUT2D eigenvalue weighted by Crippen LogP contribution is -2.24. The van der Waals surface area contributed by atoms with Crippen LogP contribution in [0.3, 0.4) is 0 Å². The topological polar surface area (TPSA) is 64.2 Å². The highest BCUT2D eigenvalue weighted by atomic mass is 16.4. The number of hydrogen-bond donors (Lipinski definition) is 1. The van der Waals surface area contributed by atoms with Crippen molar-refractivity contribution in [2.45, 2.75) is 25.8 Å². The van der Waals surface area contributed by atoms with Crippen molar-refractivity contribution in [3.05, 3.63) is 101 Å². The van der Waals surface area contributed by atoms with Gasteiger partial charge in [-0.15, -0.1) is 0 Å². The summed E-state index contributed by atoms with van der Waals surface area (Å²) in [6.07, 6.45) is 1.23. The smallest absolute Gasteiger partial charge is 0.333 e. The third kappa shape index (κ3) is 4.36. The summed E-state index contributed by atoms with van der Waals surface area (Å²) < 4.78 is 3.54. The maximum Gasteiger partial charge on any atom is 0.333 e. The summed E-state index contributed by atoms with van der Waals surface area (Å²) in [6.45, 7) is 0.454. The Balaban J connectivity index is 1.95. The fraction of sp³-hybridized carbons (Fsp3) is 0.154. The number of aliphatic carboxylic acids is 1. The van der Waals surface area contributed by atoms with Gasteiger partial charge < -0.3 is 5.11 Å².